The van der Waals surface area contributed by atoms with Crippen LogP contribution in [0.25, 0.3) is 22.6 Å². The highest BCUT2D eigenvalue weighted by Gasteiger charge is 2.26. The highest BCUT2D eigenvalue weighted by molar-refractivity contribution is 7.91. The Morgan fingerprint density at radius 3 is 2.44 bits per heavy atom. The number of ether oxygens (including phenoxy) is 1. The van der Waals surface area contributed by atoms with E-state index in [0.717, 1.165) is 16.8 Å². The van der Waals surface area contributed by atoms with Crippen molar-refractivity contribution in [2.75, 3.05) is 12.9 Å². The second-order valence-electron chi connectivity index (χ2n) is 7.68. The smallest absolute Gasteiger partial charge is 0.227 e. The number of sulfone groups is 1. The fourth-order valence-electron chi connectivity index (χ4n) is 3.32. The van der Waals surface area contributed by atoms with Gasteiger partial charge in [-0.25, -0.2) is 13.4 Å². The Balaban J connectivity index is 1.24. The molecule has 4 aromatic rings. The summed E-state index contributed by atoms with van der Waals surface area (Å²) in [4.78, 5) is 9.34. The van der Waals surface area contributed by atoms with Gasteiger partial charge in [-0.3, -0.25) is 0 Å². The molecule has 1 aliphatic rings. The molecule has 0 atom stereocenters. The summed E-state index contributed by atoms with van der Waals surface area (Å²) in [6.45, 7) is 0. The minimum Gasteiger partial charge on any atom is -0.497 e. The largest absolute Gasteiger partial charge is 0.497 e. The van der Waals surface area contributed by atoms with Crippen LogP contribution in [0.2, 0.25) is 0 Å². The van der Waals surface area contributed by atoms with Gasteiger partial charge in [-0.2, -0.15) is 4.98 Å². The summed E-state index contributed by atoms with van der Waals surface area (Å²) in [5.74, 6) is 1.86. The minimum absolute atomic E-state index is 0.118. The van der Waals surface area contributed by atoms with Crippen LogP contribution in [0.5, 0.6) is 5.75 Å². The first kappa shape index (κ1) is 20.8. The van der Waals surface area contributed by atoms with Crippen LogP contribution in [-0.2, 0) is 16.3 Å². The van der Waals surface area contributed by atoms with Gasteiger partial charge in [0.25, 0.3) is 0 Å². The summed E-state index contributed by atoms with van der Waals surface area (Å²) in [5, 5.41) is 7.32. The molecule has 2 aromatic carbocycles. The lowest BCUT2D eigenvalue weighted by molar-refractivity contribution is 0.382. The normalized spacial score (nSPS) is 13.9. The molecule has 0 spiro atoms. The molecular weight excluding hydrogens is 446 g/mol. The minimum atomic E-state index is -3.46. The predicted octanol–water partition coefficient (Wildman–Crippen LogP) is 4.76. The monoisotopic (exact) mass is 467 g/mol. The van der Waals surface area contributed by atoms with Crippen molar-refractivity contribution in [2.45, 2.75) is 30.1 Å². The van der Waals surface area contributed by atoms with Crippen molar-refractivity contribution in [2.24, 2.45) is 0 Å². The first-order chi connectivity index (χ1) is 15.5. The number of hydrogen-bond donors (Lipinski definition) is 0. The van der Waals surface area contributed by atoms with Gasteiger partial charge < -0.3 is 9.26 Å². The zero-order valence-corrected chi connectivity index (χ0v) is 19.0. The number of rotatable bonds is 8. The molecule has 1 aliphatic carbocycles. The van der Waals surface area contributed by atoms with Gasteiger partial charge >= 0.3 is 0 Å². The first-order valence-electron chi connectivity index (χ1n) is 10.3. The summed E-state index contributed by atoms with van der Waals surface area (Å²) in [6.07, 6.45) is 2.63. The van der Waals surface area contributed by atoms with Crippen LogP contribution >= 0.6 is 11.3 Å². The van der Waals surface area contributed by atoms with Crippen LogP contribution < -0.4 is 4.74 Å². The van der Waals surface area contributed by atoms with E-state index in [-0.39, 0.29) is 23.0 Å². The standard InChI is InChI=1S/C23H21N3O4S2/c1-29-18-8-10-19(11-9-18)32(27,28)13-12-21-25-22(26-30-21)16-4-2-15(3-5-16)20-14-31-23(24-20)17-6-7-17/h2-5,8-11,14,17H,6-7,12-13H2,1H3. The van der Waals surface area contributed by atoms with Crippen molar-refractivity contribution in [1.29, 1.82) is 0 Å². The highest BCUT2D eigenvalue weighted by Crippen LogP contribution is 2.42. The van der Waals surface area contributed by atoms with Crippen molar-refractivity contribution in [1.82, 2.24) is 15.1 Å². The van der Waals surface area contributed by atoms with Crippen molar-refractivity contribution >= 4 is 21.2 Å². The lowest BCUT2D eigenvalue weighted by Gasteiger charge is -2.04. The SMILES string of the molecule is COc1ccc(S(=O)(=O)CCc2nc(-c3ccc(-c4csc(C5CC5)n4)cc3)no2)cc1. The van der Waals surface area contributed by atoms with Crippen LogP contribution in [0.1, 0.15) is 29.7 Å². The van der Waals surface area contributed by atoms with Gasteiger partial charge in [0.2, 0.25) is 11.7 Å². The molecule has 0 radical (unpaired) electrons. The van der Waals surface area contributed by atoms with Gasteiger partial charge in [0.05, 0.1) is 28.5 Å². The molecule has 1 fully saturated rings. The maximum atomic E-state index is 12.6. The third kappa shape index (κ3) is 4.44. The topological polar surface area (TPSA) is 95.2 Å². The van der Waals surface area contributed by atoms with E-state index < -0.39 is 9.84 Å². The molecule has 2 aromatic heterocycles. The molecule has 0 saturated heterocycles. The Labute approximate surface area is 190 Å². The lowest BCUT2D eigenvalue weighted by atomic mass is 10.1. The van der Waals surface area contributed by atoms with Crippen LogP contribution in [0.4, 0.5) is 0 Å². The fourth-order valence-corrected chi connectivity index (χ4v) is 5.55. The number of thiazole rings is 1. The Kier molecular flexibility index (Phi) is 5.52. The van der Waals surface area contributed by atoms with Gasteiger partial charge in [-0.1, -0.05) is 29.4 Å². The van der Waals surface area contributed by atoms with Crippen LogP contribution in [-0.4, -0.2) is 36.4 Å². The summed E-state index contributed by atoms with van der Waals surface area (Å²) in [5.41, 5.74) is 2.84. The number of aryl methyl sites for hydroxylation is 1. The van der Waals surface area contributed by atoms with E-state index in [1.807, 2.05) is 24.3 Å². The number of aromatic nitrogens is 3. The number of hydrogen-bond acceptors (Lipinski definition) is 8. The molecule has 2 heterocycles. The second-order valence-corrected chi connectivity index (χ2v) is 10.7. The molecule has 164 valence electrons. The van der Waals surface area contributed by atoms with Crippen LogP contribution in [0.3, 0.4) is 0 Å². The molecule has 7 nitrogen and oxygen atoms in total. The van der Waals surface area contributed by atoms with Crippen LogP contribution in [0, 0.1) is 0 Å². The van der Waals surface area contributed by atoms with E-state index in [9.17, 15) is 8.42 Å². The van der Waals surface area contributed by atoms with Crippen molar-refractivity contribution in [3.63, 3.8) is 0 Å². The Morgan fingerprint density at radius 1 is 1.03 bits per heavy atom. The maximum Gasteiger partial charge on any atom is 0.227 e. The Morgan fingerprint density at radius 2 is 1.75 bits per heavy atom. The third-order valence-corrected chi connectivity index (χ3v) is 8.10. The lowest BCUT2D eigenvalue weighted by Crippen LogP contribution is -2.09. The molecule has 0 amide bonds. The van der Waals surface area contributed by atoms with E-state index in [2.05, 4.69) is 15.5 Å². The number of methoxy groups -OCH3 is 1. The van der Waals surface area contributed by atoms with Crippen molar-refractivity contribution < 1.29 is 17.7 Å². The number of nitrogens with zero attached hydrogens (tertiary/aromatic N) is 3. The fraction of sp³-hybridized carbons (Fsp3) is 0.261. The average molecular weight is 468 g/mol. The quantitative estimate of drug-likeness (QED) is 0.369. The summed E-state index contributed by atoms with van der Waals surface area (Å²) < 4.78 is 35.5. The van der Waals surface area contributed by atoms with Gasteiger partial charge in [-0.15, -0.1) is 11.3 Å². The average Bonchev–Trinajstić information content (AvgIpc) is 3.35. The summed E-state index contributed by atoms with van der Waals surface area (Å²) in [7, 11) is -1.93. The van der Waals surface area contributed by atoms with Gasteiger partial charge in [-0.05, 0) is 37.1 Å². The zero-order chi connectivity index (χ0) is 22.1. The van der Waals surface area contributed by atoms with E-state index >= 15 is 0 Å². The Hall–Kier alpha value is -3.04. The van der Waals surface area contributed by atoms with Gasteiger partial charge in [0.15, 0.2) is 9.84 Å². The molecule has 9 heteroatoms. The van der Waals surface area contributed by atoms with Gasteiger partial charge in [0.1, 0.15) is 5.75 Å². The molecule has 5 rings (SSSR count). The van der Waals surface area contributed by atoms with Gasteiger partial charge in [0, 0.05) is 28.8 Å². The molecule has 0 N–H and O–H groups in total. The Bertz CT molecular complexity index is 1320. The maximum absolute atomic E-state index is 12.6. The third-order valence-electron chi connectivity index (χ3n) is 5.36. The molecule has 32 heavy (non-hydrogen) atoms. The molecular formula is C23H21N3O4S2. The van der Waals surface area contributed by atoms with E-state index in [1.54, 1.807) is 23.5 Å². The molecule has 0 bridgehead atoms. The molecule has 0 unspecified atom stereocenters. The highest BCUT2D eigenvalue weighted by atomic mass is 32.2. The predicted molar refractivity (Wildman–Crippen MR) is 122 cm³/mol. The number of benzene rings is 2. The van der Waals surface area contributed by atoms with Crippen molar-refractivity contribution in [3.8, 4) is 28.4 Å². The van der Waals surface area contributed by atoms with E-state index in [1.165, 1.54) is 37.1 Å². The first-order valence-corrected chi connectivity index (χ1v) is 12.8. The zero-order valence-electron chi connectivity index (χ0n) is 17.4. The molecule has 1 saturated carbocycles. The van der Waals surface area contributed by atoms with E-state index in [0.29, 0.717) is 17.5 Å². The van der Waals surface area contributed by atoms with E-state index in [4.69, 9.17) is 14.2 Å². The molecule has 0 aliphatic heterocycles. The van der Waals surface area contributed by atoms with Crippen molar-refractivity contribution in [3.05, 3.63) is 64.8 Å². The van der Waals surface area contributed by atoms with Crippen LogP contribution in [0.15, 0.2) is 63.3 Å². The summed E-state index contributed by atoms with van der Waals surface area (Å²) >= 11 is 1.72. The second kappa shape index (κ2) is 8.48. The summed E-state index contributed by atoms with van der Waals surface area (Å²) in [6, 6.07) is 14.1.